The fraction of sp³-hybridized carbons (Fsp3) is 0.105. The Labute approximate surface area is 160 Å². The summed E-state index contributed by atoms with van der Waals surface area (Å²) in [6.45, 7) is 0. The number of nitrogens with zero attached hydrogens (tertiary/aromatic N) is 2. The highest BCUT2D eigenvalue weighted by molar-refractivity contribution is 8.02. The topological polar surface area (TPSA) is 64.1 Å². The van der Waals surface area contributed by atoms with E-state index < -0.39 is 0 Å². The molecule has 26 heavy (non-hydrogen) atoms. The van der Waals surface area contributed by atoms with E-state index in [0.29, 0.717) is 11.4 Å². The number of methoxy groups -OCH3 is 1. The van der Waals surface area contributed by atoms with Crippen LogP contribution < -0.4 is 10.1 Å². The van der Waals surface area contributed by atoms with Crippen LogP contribution in [-0.4, -0.2) is 28.7 Å². The second-order valence-electron chi connectivity index (χ2n) is 5.12. The average Bonchev–Trinajstić information content (AvgIpc) is 2.68. The summed E-state index contributed by atoms with van der Waals surface area (Å²) in [6, 6.07) is 17.3. The Balaban J connectivity index is 1.63. The maximum Gasteiger partial charge on any atom is 0.234 e. The van der Waals surface area contributed by atoms with E-state index in [9.17, 15) is 4.79 Å². The summed E-state index contributed by atoms with van der Waals surface area (Å²) in [5, 5.41) is 4.38. The third-order valence-electron chi connectivity index (χ3n) is 3.31. The smallest absolute Gasteiger partial charge is 0.234 e. The molecule has 132 valence electrons. The van der Waals surface area contributed by atoms with Crippen LogP contribution in [0.3, 0.4) is 0 Å². The molecule has 1 amide bonds. The van der Waals surface area contributed by atoms with E-state index in [1.54, 1.807) is 31.6 Å². The second kappa shape index (κ2) is 9.26. The van der Waals surface area contributed by atoms with Gasteiger partial charge < -0.3 is 10.1 Å². The molecule has 1 N–H and O–H groups in total. The lowest BCUT2D eigenvalue weighted by atomic mass is 10.3. The van der Waals surface area contributed by atoms with Gasteiger partial charge in [0.15, 0.2) is 0 Å². The highest BCUT2D eigenvalue weighted by atomic mass is 32.2. The van der Waals surface area contributed by atoms with Crippen LogP contribution in [0.25, 0.3) is 0 Å². The van der Waals surface area contributed by atoms with Crippen molar-refractivity contribution in [3.05, 3.63) is 67.0 Å². The van der Waals surface area contributed by atoms with Gasteiger partial charge in [0.2, 0.25) is 5.91 Å². The maximum absolute atomic E-state index is 12.3. The molecule has 0 atom stereocenters. The zero-order chi connectivity index (χ0) is 18.2. The van der Waals surface area contributed by atoms with Crippen LogP contribution in [0.4, 0.5) is 5.69 Å². The van der Waals surface area contributed by atoms with Crippen molar-refractivity contribution in [3.63, 3.8) is 0 Å². The van der Waals surface area contributed by atoms with E-state index in [1.165, 1.54) is 23.5 Å². The normalized spacial score (nSPS) is 10.3. The zero-order valence-electron chi connectivity index (χ0n) is 14.1. The van der Waals surface area contributed by atoms with Crippen LogP contribution in [0.5, 0.6) is 5.75 Å². The van der Waals surface area contributed by atoms with E-state index in [4.69, 9.17) is 4.74 Å². The van der Waals surface area contributed by atoms with E-state index >= 15 is 0 Å². The van der Waals surface area contributed by atoms with Crippen molar-refractivity contribution in [3.8, 4) is 5.75 Å². The first kappa shape index (κ1) is 18.3. The highest BCUT2D eigenvalue weighted by Crippen LogP contribution is 2.32. The molecule has 0 aliphatic carbocycles. The van der Waals surface area contributed by atoms with Gasteiger partial charge in [0.1, 0.15) is 15.8 Å². The van der Waals surface area contributed by atoms with Crippen LogP contribution in [0.1, 0.15) is 0 Å². The molecule has 0 aliphatic heterocycles. The molecule has 3 aromatic rings. The van der Waals surface area contributed by atoms with Crippen LogP contribution in [-0.2, 0) is 4.79 Å². The Hall–Kier alpha value is -2.51. The molecular formula is C19H17N3O2S2. The Morgan fingerprint density at radius 2 is 1.69 bits per heavy atom. The Kier molecular flexibility index (Phi) is 6.51. The second-order valence-corrected chi connectivity index (χ2v) is 7.15. The summed E-state index contributed by atoms with van der Waals surface area (Å²) in [7, 11) is 1.58. The summed E-state index contributed by atoms with van der Waals surface area (Å²) in [6.07, 6.45) is 3.29. The number of para-hydroxylation sites is 2. The summed E-state index contributed by atoms with van der Waals surface area (Å²) in [5.41, 5.74) is 0.652. The fourth-order valence-corrected chi connectivity index (χ4v) is 3.87. The first-order valence-corrected chi connectivity index (χ1v) is 9.66. The first-order valence-electron chi connectivity index (χ1n) is 7.86. The molecule has 0 bridgehead atoms. The molecule has 7 heteroatoms. The molecule has 0 fully saturated rings. The maximum atomic E-state index is 12.3. The number of benzene rings is 2. The molecule has 0 aliphatic rings. The van der Waals surface area contributed by atoms with Gasteiger partial charge in [-0.3, -0.25) is 4.79 Å². The Bertz CT molecular complexity index is 875. The standard InChI is InChI=1S/C19H17N3O2S2/c1-24-16-10-6-5-9-15(16)22-17(23)13-25-18-19(21-12-11-20-18)26-14-7-3-2-4-8-14/h2-12H,13H2,1H3,(H,22,23). The van der Waals surface area contributed by atoms with Crippen molar-refractivity contribution >= 4 is 35.1 Å². The largest absolute Gasteiger partial charge is 0.495 e. The first-order chi connectivity index (χ1) is 12.8. The molecule has 3 rings (SSSR count). The number of aromatic nitrogens is 2. The van der Waals surface area contributed by atoms with Crippen LogP contribution in [0, 0.1) is 0 Å². The van der Waals surface area contributed by atoms with Crippen molar-refractivity contribution in [1.29, 1.82) is 0 Å². The van der Waals surface area contributed by atoms with Gasteiger partial charge in [0.25, 0.3) is 0 Å². The number of anilines is 1. The van der Waals surface area contributed by atoms with Gasteiger partial charge in [-0.1, -0.05) is 53.9 Å². The van der Waals surface area contributed by atoms with Crippen molar-refractivity contribution in [2.24, 2.45) is 0 Å². The number of hydrogen-bond acceptors (Lipinski definition) is 6. The van der Waals surface area contributed by atoms with E-state index in [0.717, 1.165) is 14.9 Å². The number of carbonyl (C=O) groups excluding carboxylic acids is 1. The lowest BCUT2D eigenvalue weighted by molar-refractivity contribution is -0.113. The van der Waals surface area contributed by atoms with Crippen molar-refractivity contribution in [2.45, 2.75) is 14.9 Å². The van der Waals surface area contributed by atoms with Crippen LogP contribution in [0.15, 0.2) is 81.9 Å². The predicted molar refractivity (Wildman–Crippen MR) is 105 cm³/mol. The molecule has 0 saturated heterocycles. The fourth-order valence-electron chi connectivity index (χ4n) is 2.15. The molecule has 1 heterocycles. The quantitative estimate of drug-likeness (QED) is 0.611. The van der Waals surface area contributed by atoms with Gasteiger partial charge in [-0.25, -0.2) is 9.97 Å². The van der Waals surface area contributed by atoms with Gasteiger partial charge in [0.05, 0.1) is 18.6 Å². The van der Waals surface area contributed by atoms with Gasteiger partial charge in [-0.2, -0.15) is 0 Å². The highest BCUT2D eigenvalue weighted by Gasteiger charge is 2.12. The number of rotatable bonds is 7. The van der Waals surface area contributed by atoms with Crippen LogP contribution >= 0.6 is 23.5 Å². The molecule has 0 spiro atoms. The minimum atomic E-state index is -0.124. The number of amides is 1. The summed E-state index contributed by atoms with van der Waals surface area (Å²) < 4.78 is 5.25. The summed E-state index contributed by atoms with van der Waals surface area (Å²) in [4.78, 5) is 22.1. The third-order valence-corrected chi connectivity index (χ3v) is 5.42. The zero-order valence-corrected chi connectivity index (χ0v) is 15.7. The number of thioether (sulfide) groups is 1. The minimum absolute atomic E-state index is 0.124. The minimum Gasteiger partial charge on any atom is -0.495 e. The summed E-state index contributed by atoms with van der Waals surface area (Å²) >= 11 is 2.89. The van der Waals surface area contributed by atoms with Crippen molar-refractivity contribution in [2.75, 3.05) is 18.2 Å². The van der Waals surface area contributed by atoms with E-state index in [-0.39, 0.29) is 11.7 Å². The number of ether oxygens (including phenoxy) is 1. The van der Waals surface area contributed by atoms with Gasteiger partial charge >= 0.3 is 0 Å². The molecule has 5 nitrogen and oxygen atoms in total. The number of carbonyl (C=O) groups is 1. The van der Waals surface area contributed by atoms with Crippen LogP contribution in [0.2, 0.25) is 0 Å². The lowest BCUT2D eigenvalue weighted by Crippen LogP contribution is -2.14. The molecule has 0 unspecified atom stereocenters. The lowest BCUT2D eigenvalue weighted by Gasteiger charge is -2.10. The molecule has 0 radical (unpaired) electrons. The third kappa shape index (κ3) is 5.00. The molecule has 1 aromatic heterocycles. The number of hydrogen-bond donors (Lipinski definition) is 1. The predicted octanol–water partition coefficient (Wildman–Crippen LogP) is 4.37. The van der Waals surface area contributed by atoms with Gasteiger partial charge in [-0.05, 0) is 24.3 Å². The van der Waals surface area contributed by atoms with E-state index in [1.807, 2.05) is 42.5 Å². The molecular weight excluding hydrogens is 366 g/mol. The monoisotopic (exact) mass is 383 g/mol. The Morgan fingerprint density at radius 3 is 2.46 bits per heavy atom. The van der Waals surface area contributed by atoms with Crippen molar-refractivity contribution < 1.29 is 9.53 Å². The van der Waals surface area contributed by atoms with Gasteiger partial charge in [-0.15, -0.1) is 0 Å². The Morgan fingerprint density at radius 1 is 1.00 bits per heavy atom. The van der Waals surface area contributed by atoms with Crippen molar-refractivity contribution in [1.82, 2.24) is 9.97 Å². The molecule has 2 aromatic carbocycles. The van der Waals surface area contributed by atoms with E-state index in [2.05, 4.69) is 15.3 Å². The molecule has 0 saturated carbocycles. The SMILES string of the molecule is COc1ccccc1NC(=O)CSc1nccnc1Sc1ccccc1. The van der Waals surface area contributed by atoms with Gasteiger partial charge in [0, 0.05) is 17.3 Å². The summed E-state index contributed by atoms with van der Waals surface area (Å²) in [5.74, 6) is 0.741. The number of nitrogens with one attached hydrogen (secondary N) is 1. The average molecular weight is 383 g/mol.